The lowest BCUT2D eigenvalue weighted by atomic mass is 10.0. The van der Waals surface area contributed by atoms with Crippen molar-refractivity contribution in [3.05, 3.63) is 102 Å². The highest BCUT2D eigenvalue weighted by atomic mass is 32.2. The minimum absolute atomic E-state index is 0.0165. The van der Waals surface area contributed by atoms with Crippen molar-refractivity contribution in [2.75, 3.05) is 5.75 Å². The third-order valence-corrected chi connectivity index (χ3v) is 7.53. The quantitative estimate of drug-likeness (QED) is 0.358. The summed E-state index contributed by atoms with van der Waals surface area (Å²) in [6.45, 7) is 3.95. The molecule has 31 heavy (non-hydrogen) atoms. The summed E-state index contributed by atoms with van der Waals surface area (Å²) < 4.78 is 27.6. The molecule has 4 aromatic rings. The second-order valence-electron chi connectivity index (χ2n) is 7.81. The second-order valence-corrected chi connectivity index (χ2v) is 9.92. The van der Waals surface area contributed by atoms with Crippen LogP contribution in [-0.2, 0) is 9.84 Å². The van der Waals surface area contributed by atoms with Crippen LogP contribution in [0.15, 0.2) is 89.8 Å². The smallest absolute Gasteiger partial charge is 0.195 e. The Labute approximate surface area is 183 Å². The molecule has 0 spiro atoms. The van der Waals surface area contributed by atoms with Crippen LogP contribution in [0.3, 0.4) is 0 Å². The number of nitrogens with zero attached hydrogens (tertiary/aromatic N) is 1. The van der Waals surface area contributed by atoms with E-state index in [0.29, 0.717) is 22.4 Å². The van der Waals surface area contributed by atoms with Crippen LogP contribution in [0.2, 0.25) is 0 Å². The lowest BCUT2D eigenvalue weighted by molar-refractivity contribution is 0.103. The minimum atomic E-state index is -3.36. The number of aromatic nitrogens is 1. The molecule has 3 aromatic carbocycles. The third kappa shape index (κ3) is 4.06. The van der Waals surface area contributed by atoms with Gasteiger partial charge in [-0.1, -0.05) is 66.7 Å². The first-order chi connectivity index (χ1) is 14.9. The number of benzene rings is 3. The SMILES string of the molecule is Cc1c(C(=O)c2ccccc2)c2ccccc2n1C(C)CCS(=O)(=O)c1ccccc1. The van der Waals surface area contributed by atoms with Crippen molar-refractivity contribution in [3.8, 4) is 0 Å². The molecule has 1 unspecified atom stereocenters. The van der Waals surface area contributed by atoms with Gasteiger partial charge in [0.2, 0.25) is 0 Å². The number of fused-ring (bicyclic) bond motifs is 1. The predicted octanol–water partition coefficient (Wildman–Crippen LogP) is 5.61. The zero-order chi connectivity index (χ0) is 22.0. The molecule has 5 heteroatoms. The van der Waals surface area contributed by atoms with Crippen LogP contribution >= 0.6 is 0 Å². The molecular weight excluding hydrogens is 406 g/mol. The monoisotopic (exact) mass is 431 g/mol. The standard InChI is InChI=1S/C26H25NO3S/c1-19(17-18-31(29,30)22-13-7-4-8-14-22)27-20(2)25(23-15-9-10-16-24(23)27)26(28)21-11-5-3-6-12-21/h3-16,19H,17-18H2,1-2H3. The lowest BCUT2D eigenvalue weighted by Crippen LogP contribution is -2.14. The van der Waals surface area contributed by atoms with E-state index in [4.69, 9.17) is 0 Å². The number of carbonyl (C=O) groups is 1. The van der Waals surface area contributed by atoms with Gasteiger partial charge in [0, 0.05) is 28.2 Å². The number of sulfone groups is 1. The van der Waals surface area contributed by atoms with Gasteiger partial charge >= 0.3 is 0 Å². The van der Waals surface area contributed by atoms with Crippen molar-refractivity contribution in [2.24, 2.45) is 0 Å². The summed E-state index contributed by atoms with van der Waals surface area (Å²) in [4.78, 5) is 13.7. The molecule has 0 fully saturated rings. The molecule has 0 bridgehead atoms. The van der Waals surface area contributed by atoms with Gasteiger partial charge in [-0.15, -0.1) is 0 Å². The van der Waals surface area contributed by atoms with Gasteiger partial charge in [0.25, 0.3) is 0 Å². The first-order valence-corrected chi connectivity index (χ1v) is 12.0. The van der Waals surface area contributed by atoms with Gasteiger partial charge < -0.3 is 4.57 Å². The Bertz CT molecular complexity index is 1320. The van der Waals surface area contributed by atoms with Crippen molar-refractivity contribution in [1.82, 2.24) is 4.57 Å². The summed E-state index contributed by atoms with van der Waals surface area (Å²) >= 11 is 0. The molecule has 0 aliphatic carbocycles. The highest BCUT2D eigenvalue weighted by molar-refractivity contribution is 7.91. The zero-order valence-electron chi connectivity index (χ0n) is 17.7. The van der Waals surface area contributed by atoms with Crippen LogP contribution in [0.1, 0.15) is 41.0 Å². The van der Waals surface area contributed by atoms with E-state index in [9.17, 15) is 13.2 Å². The van der Waals surface area contributed by atoms with Crippen molar-refractivity contribution in [3.63, 3.8) is 0 Å². The average molecular weight is 432 g/mol. The summed E-state index contributed by atoms with van der Waals surface area (Å²) in [5, 5.41) is 0.895. The summed E-state index contributed by atoms with van der Waals surface area (Å²) in [7, 11) is -3.36. The van der Waals surface area contributed by atoms with Crippen LogP contribution in [0, 0.1) is 6.92 Å². The molecule has 0 aliphatic rings. The number of para-hydroxylation sites is 1. The number of ketones is 1. The largest absolute Gasteiger partial charge is 0.341 e. The highest BCUT2D eigenvalue weighted by Crippen LogP contribution is 2.32. The topological polar surface area (TPSA) is 56.1 Å². The van der Waals surface area contributed by atoms with Gasteiger partial charge in [-0.25, -0.2) is 8.42 Å². The van der Waals surface area contributed by atoms with Crippen LogP contribution in [-0.4, -0.2) is 24.5 Å². The van der Waals surface area contributed by atoms with Gasteiger partial charge in [-0.2, -0.15) is 0 Å². The van der Waals surface area contributed by atoms with E-state index >= 15 is 0 Å². The predicted molar refractivity (Wildman–Crippen MR) is 124 cm³/mol. The molecule has 0 saturated carbocycles. The second kappa shape index (κ2) is 8.52. The van der Waals surface area contributed by atoms with E-state index in [-0.39, 0.29) is 17.6 Å². The van der Waals surface area contributed by atoms with Crippen LogP contribution in [0.5, 0.6) is 0 Å². The molecule has 4 rings (SSSR count). The molecular formula is C26H25NO3S. The number of hydrogen-bond donors (Lipinski definition) is 0. The maximum absolute atomic E-state index is 13.3. The molecule has 0 amide bonds. The molecule has 0 radical (unpaired) electrons. The molecule has 0 saturated heterocycles. The van der Waals surface area contributed by atoms with Crippen LogP contribution in [0.25, 0.3) is 10.9 Å². The van der Waals surface area contributed by atoms with Crippen LogP contribution in [0.4, 0.5) is 0 Å². The Kier molecular flexibility index (Phi) is 5.79. The highest BCUT2D eigenvalue weighted by Gasteiger charge is 2.24. The summed E-state index contributed by atoms with van der Waals surface area (Å²) in [5.41, 5.74) is 3.14. The van der Waals surface area contributed by atoms with E-state index < -0.39 is 9.84 Å². The fraction of sp³-hybridized carbons (Fsp3) is 0.192. The van der Waals surface area contributed by atoms with E-state index in [1.807, 2.05) is 74.5 Å². The zero-order valence-corrected chi connectivity index (χ0v) is 18.5. The first-order valence-electron chi connectivity index (χ1n) is 10.4. The van der Waals surface area contributed by atoms with Crippen molar-refractivity contribution < 1.29 is 13.2 Å². The summed E-state index contributed by atoms with van der Waals surface area (Å²) in [5.74, 6) is 0.0312. The van der Waals surface area contributed by atoms with Crippen molar-refractivity contribution in [1.29, 1.82) is 0 Å². The normalized spacial score (nSPS) is 12.7. The van der Waals surface area contributed by atoms with Gasteiger partial charge in [0.05, 0.1) is 16.2 Å². The number of rotatable bonds is 7. The fourth-order valence-electron chi connectivity index (χ4n) is 4.18. The van der Waals surface area contributed by atoms with Gasteiger partial charge in [0.1, 0.15) is 0 Å². The molecule has 1 atom stereocenters. The Morgan fingerprint density at radius 2 is 1.45 bits per heavy atom. The maximum Gasteiger partial charge on any atom is 0.195 e. The Morgan fingerprint density at radius 3 is 2.13 bits per heavy atom. The average Bonchev–Trinajstić information content (AvgIpc) is 3.10. The third-order valence-electron chi connectivity index (χ3n) is 5.77. The molecule has 1 heterocycles. The summed E-state index contributed by atoms with van der Waals surface area (Å²) in [6, 6.07) is 25.6. The molecule has 1 aromatic heterocycles. The van der Waals surface area contributed by atoms with Gasteiger partial charge in [-0.3, -0.25) is 4.79 Å². The molecule has 158 valence electrons. The van der Waals surface area contributed by atoms with Crippen LogP contribution < -0.4 is 0 Å². The van der Waals surface area contributed by atoms with E-state index in [1.165, 1.54) is 0 Å². The number of carbonyl (C=O) groups excluding carboxylic acids is 1. The van der Waals surface area contributed by atoms with Crippen molar-refractivity contribution in [2.45, 2.75) is 31.2 Å². The van der Waals surface area contributed by atoms with E-state index in [0.717, 1.165) is 16.6 Å². The Hall–Kier alpha value is -3.18. The summed E-state index contributed by atoms with van der Waals surface area (Å²) in [6.07, 6.45) is 0.454. The Balaban J connectivity index is 1.70. The lowest BCUT2D eigenvalue weighted by Gasteiger charge is -2.18. The Morgan fingerprint density at radius 1 is 0.871 bits per heavy atom. The first kappa shape index (κ1) is 21.1. The minimum Gasteiger partial charge on any atom is -0.341 e. The van der Waals surface area contributed by atoms with Gasteiger partial charge in [0.15, 0.2) is 15.6 Å². The van der Waals surface area contributed by atoms with Gasteiger partial charge in [-0.05, 0) is 38.5 Å². The molecule has 4 nitrogen and oxygen atoms in total. The van der Waals surface area contributed by atoms with E-state index in [2.05, 4.69) is 4.57 Å². The van der Waals surface area contributed by atoms with E-state index in [1.54, 1.807) is 24.3 Å². The molecule has 0 aliphatic heterocycles. The molecule has 0 N–H and O–H groups in total. The maximum atomic E-state index is 13.3. The van der Waals surface area contributed by atoms with Crippen molar-refractivity contribution >= 4 is 26.5 Å². The fourth-order valence-corrected chi connectivity index (χ4v) is 5.64. The number of hydrogen-bond acceptors (Lipinski definition) is 3.